The number of benzene rings is 2. The van der Waals surface area contributed by atoms with Crippen molar-refractivity contribution in [3.8, 4) is 0 Å². The van der Waals surface area contributed by atoms with Crippen LogP contribution in [0.5, 0.6) is 0 Å². The highest BCUT2D eigenvalue weighted by Gasteiger charge is 2.13. The van der Waals surface area contributed by atoms with Crippen molar-refractivity contribution in [2.75, 3.05) is 5.32 Å². The van der Waals surface area contributed by atoms with Gasteiger partial charge in [-0.1, -0.05) is 23.7 Å². The molecular formula is C14H10ClN3OS. The molecule has 3 aromatic rings. The lowest BCUT2D eigenvalue weighted by molar-refractivity contribution is 0.102. The Bertz CT molecular complexity index is 800. The third kappa shape index (κ3) is 2.37. The number of aromatic nitrogens is 2. The van der Waals surface area contributed by atoms with Crippen molar-refractivity contribution in [3.63, 3.8) is 0 Å². The molecule has 2 aromatic carbocycles. The minimum atomic E-state index is -0.254. The van der Waals surface area contributed by atoms with Gasteiger partial charge in [-0.2, -0.15) is 8.75 Å². The normalized spacial score (nSPS) is 10.7. The second-order valence-corrected chi connectivity index (χ2v) is 5.31. The van der Waals surface area contributed by atoms with Crippen LogP contribution in [0.4, 0.5) is 5.69 Å². The number of rotatable bonds is 2. The number of nitrogens with one attached hydrogen (secondary N) is 1. The minimum Gasteiger partial charge on any atom is -0.320 e. The van der Waals surface area contributed by atoms with E-state index < -0.39 is 0 Å². The van der Waals surface area contributed by atoms with Crippen LogP contribution in [0, 0.1) is 6.92 Å². The zero-order chi connectivity index (χ0) is 14.1. The van der Waals surface area contributed by atoms with Gasteiger partial charge in [0.05, 0.1) is 28.0 Å². The van der Waals surface area contributed by atoms with Crippen LogP contribution < -0.4 is 5.32 Å². The maximum absolute atomic E-state index is 12.3. The predicted molar refractivity (Wildman–Crippen MR) is 81.6 cm³/mol. The first-order valence-electron chi connectivity index (χ1n) is 5.94. The Balaban J connectivity index is 1.94. The summed E-state index contributed by atoms with van der Waals surface area (Å²) in [5.74, 6) is -0.254. The lowest BCUT2D eigenvalue weighted by Crippen LogP contribution is -2.12. The van der Waals surface area contributed by atoms with Gasteiger partial charge >= 0.3 is 0 Å². The Kier molecular flexibility index (Phi) is 3.38. The van der Waals surface area contributed by atoms with Crippen LogP contribution in [-0.4, -0.2) is 14.7 Å². The second-order valence-electron chi connectivity index (χ2n) is 4.37. The second kappa shape index (κ2) is 5.19. The smallest absolute Gasteiger partial charge is 0.257 e. The van der Waals surface area contributed by atoms with Crippen molar-refractivity contribution < 1.29 is 4.79 Å². The Morgan fingerprint density at radius 2 is 2.10 bits per heavy atom. The molecule has 0 unspecified atom stereocenters. The number of halogens is 1. The molecule has 100 valence electrons. The van der Waals surface area contributed by atoms with Gasteiger partial charge in [0.25, 0.3) is 5.91 Å². The van der Waals surface area contributed by atoms with Crippen LogP contribution in [-0.2, 0) is 0 Å². The first kappa shape index (κ1) is 13.0. The van der Waals surface area contributed by atoms with Crippen LogP contribution in [0.1, 0.15) is 15.9 Å². The molecule has 6 heteroatoms. The first-order chi connectivity index (χ1) is 9.65. The molecule has 0 saturated carbocycles. The highest BCUT2D eigenvalue weighted by molar-refractivity contribution is 7.00. The Morgan fingerprint density at radius 3 is 2.90 bits per heavy atom. The van der Waals surface area contributed by atoms with E-state index in [9.17, 15) is 4.79 Å². The molecule has 20 heavy (non-hydrogen) atoms. The summed E-state index contributed by atoms with van der Waals surface area (Å²) in [7, 11) is 0. The number of fused-ring (bicyclic) bond motifs is 1. The molecule has 0 aliphatic heterocycles. The molecule has 0 aliphatic carbocycles. The number of anilines is 1. The van der Waals surface area contributed by atoms with E-state index in [1.54, 1.807) is 18.2 Å². The van der Waals surface area contributed by atoms with Gasteiger partial charge in [0, 0.05) is 0 Å². The van der Waals surface area contributed by atoms with E-state index in [-0.39, 0.29) is 5.91 Å². The van der Waals surface area contributed by atoms with E-state index in [2.05, 4.69) is 14.1 Å². The van der Waals surface area contributed by atoms with Crippen LogP contribution >= 0.6 is 23.3 Å². The third-order valence-electron chi connectivity index (χ3n) is 2.90. The van der Waals surface area contributed by atoms with Gasteiger partial charge in [-0.3, -0.25) is 4.79 Å². The maximum Gasteiger partial charge on any atom is 0.257 e. The lowest BCUT2D eigenvalue weighted by atomic mass is 10.1. The van der Waals surface area contributed by atoms with Gasteiger partial charge in [0.1, 0.15) is 11.0 Å². The SMILES string of the molecule is Cc1ccc(C(=O)Nc2cccc3nsnc23)c(Cl)c1. The molecule has 0 spiro atoms. The molecular weight excluding hydrogens is 294 g/mol. The lowest BCUT2D eigenvalue weighted by Gasteiger charge is -2.07. The summed E-state index contributed by atoms with van der Waals surface area (Å²) in [5.41, 5.74) is 3.55. The zero-order valence-electron chi connectivity index (χ0n) is 10.6. The van der Waals surface area contributed by atoms with E-state index in [4.69, 9.17) is 11.6 Å². The summed E-state index contributed by atoms with van der Waals surface area (Å²) in [4.78, 5) is 12.3. The third-order valence-corrected chi connectivity index (χ3v) is 3.76. The Labute approximate surface area is 124 Å². The predicted octanol–water partition coefficient (Wildman–Crippen LogP) is 3.91. The minimum absolute atomic E-state index is 0.254. The molecule has 1 amide bonds. The molecule has 0 saturated heterocycles. The maximum atomic E-state index is 12.3. The number of aryl methyl sites for hydroxylation is 1. The largest absolute Gasteiger partial charge is 0.320 e. The van der Waals surface area contributed by atoms with E-state index >= 15 is 0 Å². The average Bonchev–Trinajstić information content (AvgIpc) is 2.87. The average molecular weight is 304 g/mol. The topological polar surface area (TPSA) is 54.9 Å². The molecule has 1 aromatic heterocycles. The molecule has 0 atom stereocenters. The molecule has 0 aliphatic rings. The summed E-state index contributed by atoms with van der Waals surface area (Å²) >= 11 is 7.22. The Morgan fingerprint density at radius 1 is 1.25 bits per heavy atom. The number of hydrogen-bond donors (Lipinski definition) is 1. The summed E-state index contributed by atoms with van der Waals surface area (Å²) in [5, 5.41) is 3.26. The molecule has 3 rings (SSSR count). The van der Waals surface area contributed by atoms with Crippen molar-refractivity contribution in [1.82, 2.24) is 8.75 Å². The van der Waals surface area contributed by atoms with E-state index in [1.165, 1.54) is 0 Å². The summed E-state index contributed by atoms with van der Waals surface area (Å²) in [6.07, 6.45) is 0. The van der Waals surface area contributed by atoms with Crippen molar-refractivity contribution in [2.45, 2.75) is 6.92 Å². The van der Waals surface area contributed by atoms with Gasteiger partial charge < -0.3 is 5.32 Å². The van der Waals surface area contributed by atoms with E-state index in [1.807, 2.05) is 25.1 Å². The fourth-order valence-electron chi connectivity index (χ4n) is 1.90. The van der Waals surface area contributed by atoms with Crippen LogP contribution in [0.15, 0.2) is 36.4 Å². The van der Waals surface area contributed by atoms with Crippen molar-refractivity contribution in [2.24, 2.45) is 0 Å². The quantitative estimate of drug-likeness (QED) is 0.781. The highest BCUT2D eigenvalue weighted by Crippen LogP contribution is 2.23. The van der Waals surface area contributed by atoms with Crippen molar-refractivity contribution in [3.05, 3.63) is 52.5 Å². The van der Waals surface area contributed by atoms with Crippen LogP contribution in [0.3, 0.4) is 0 Å². The van der Waals surface area contributed by atoms with Crippen LogP contribution in [0.2, 0.25) is 5.02 Å². The monoisotopic (exact) mass is 303 g/mol. The zero-order valence-corrected chi connectivity index (χ0v) is 12.1. The van der Waals surface area contributed by atoms with E-state index in [0.29, 0.717) is 21.8 Å². The van der Waals surface area contributed by atoms with Gasteiger partial charge in [-0.15, -0.1) is 0 Å². The number of hydrogen-bond acceptors (Lipinski definition) is 4. The van der Waals surface area contributed by atoms with Crippen molar-refractivity contribution in [1.29, 1.82) is 0 Å². The molecule has 0 radical (unpaired) electrons. The number of amides is 1. The van der Waals surface area contributed by atoms with Gasteiger partial charge in [0.2, 0.25) is 0 Å². The molecule has 4 nitrogen and oxygen atoms in total. The Hall–Kier alpha value is -1.98. The van der Waals surface area contributed by atoms with Gasteiger partial charge in [-0.05, 0) is 36.8 Å². The molecule has 1 N–H and O–H groups in total. The fraction of sp³-hybridized carbons (Fsp3) is 0.0714. The summed E-state index contributed by atoms with van der Waals surface area (Å²) < 4.78 is 8.33. The van der Waals surface area contributed by atoms with Gasteiger partial charge in [-0.25, -0.2) is 0 Å². The summed E-state index contributed by atoms with van der Waals surface area (Å²) in [6.45, 7) is 1.93. The van der Waals surface area contributed by atoms with E-state index in [0.717, 1.165) is 22.8 Å². The number of nitrogens with zero attached hydrogens (tertiary/aromatic N) is 2. The molecule has 1 heterocycles. The van der Waals surface area contributed by atoms with Gasteiger partial charge in [0.15, 0.2) is 0 Å². The number of carbonyl (C=O) groups excluding carboxylic acids is 1. The van der Waals surface area contributed by atoms with Crippen molar-refractivity contribution >= 4 is 46.0 Å². The van der Waals surface area contributed by atoms with Crippen LogP contribution in [0.25, 0.3) is 11.0 Å². The summed E-state index contributed by atoms with van der Waals surface area (Å²) in [6, 6.07) is 10.8. The first-order valence-corrected chi connectivity index (χ1v) is 7.05. The highest BCUT2D eigenvalue weighted by atomic mass is 35.5. The standard InChI is InChI=1S/C14H10ClN3OS/c1-8-5-6-9(10(15)7-8)14(19)16-11-3-2-4-12-13(11)18-20-17-12/h2-7H,1H3,(H,16,19). The fourth-order valence-corrected chi connectivity index (χ4v) is 2.77. The number of carbonyl (C=O) groups is 1. The molecule has 0 fully saturated rings. The molecule has 0 bridgehead atoms.